The monoisotopic (exact) mass is 285 g/mol. The molecule has 0 saturated carbocycles. The van der Waals surface area contributed by atoms with Crippen molar-refractivity contribution >= 4 is 29.9 Å². The lowest BCUT2D eigenvalue weighted by Crippen LogP contribution is -2.24. The Balaban J connectivity index is 2.11. The summed E-state index contributed by atoms with van der Waals surface area (Å²) in [6.45, 7) is 3.97. The van der Waals surface area contributed by atoms with Crippen LogP contribution in [-0.4, -0.2) is 17.4 Å². The second-order valence-corrected chi connectivity index (χ2v) is 4.62. The van der Waals surface area contributed by atoms with Gasteiger partial charge in [0.2, 0.25) is 0 Å². The highest BCUT2D eigenvalue weighted by Crippen LogP contribution is 2.18. The van der Waals surface area contributed by atoms with E-state index in [0.717, 1.165) is 16.3 Å². The number of carbonyl (C=O) groups is 1. The predicted molar refractivity (Wildman–Crippen MR) is 83.7 cm³/mol. The normalized spacial score (nSPS) is 9.85. The molecule has 1 amide bonds. The van der Waals surface area contributed by atoms with E-state index < -0.39 is 0 Å². The summed E-state index contributed by atoms with van der Waals surface area (Å²) in [7, 11) is 0. The summed E-state index contributed by atoms with van der Waals surface area (Å²) < 4.78 is 0. The van der Waals surface area contributed by atoms with Crippen LogP contribution >= 0.6 is 12.6 Å². The molecule has 0 aliphatic rings. The van der Waals surface area contributed by atoms with Gasteiger partial charge in [-0.3, -0.25) is 9.78 Å². The quantitative estimate of drug-likeness (QED) is 0.584. The van der Waals surface area contributed by atoms with Crippen molar-refractivity contribution in [3.8, 4) is 0 Å². The van der Waals surface area contributed by atoms with Crippen LogP contribution in [0.2, 0.25) is 0 Å². The van der Waals surface area contributed by atoms with Gasteiger partial charge in [0.1, 0.15) is 5.69 Å². The van der Waals surface area contributed by atoms with Gasteiger partial charge in [0.25, 0.3) is 5.91 Å². The summed E-state index contributed by atoms with van der Waals surface area (Å²) in [4.78, 5) is 16.7. The van der Waals surface area contributed by atoms with E-state index in [4.69, 9.17) is 0 Å². The van der Waals surface area contributed by atoms with Crippen molar-refractivity contribution in [1.29, 1.82) is 0 Å². The first-order valence-corrected chi connectivity index (χ1v) is 6.55. The van der Waals surface area contributed by atoms with E-state index in [-0.39, 0.29) is 5.91 Å². The Morgan fingerprint density at radius 1 is 1.25 bits per heavy atom. The van der Waals surface area contributed by atoms with Crippen LogP contribution in [0.5, 0.6) is 0 Å². The van der Waals surface area contributed by atoms with Crippen molar-refractivity contribution in [1.82, 2.24) is 10.3 Å². The Kier molecular flexibility index (Phi) is 4.79. The van der Waals surface area contributed by atoms with Gasteiger partial charge in [-0.05, 0) is 36.4 Å². The van der Waals surface area contributed by atoms with Crippen LogP contribution < -0.4 is 10.6 Å². The molecule has 0 atom stereocenters. The number of carbonyl (C=O) groups excluding carboxylic acids is 1. The molecule has 0 spiro atoms. The Morgan fingerprint density at radius 3 is 2.70 bits per heavy atom. The number of aromatic nitrogens is 1. The van der Waals surface area contributed by atoms with Gasteiger partial charge in [-0.2, -0.15) is 0 Å². The molecule has 0 unspecified atom stereocenters. The molecule has 4 nitrogen and oxygen atoms in total. The van der Waals surface area contributed by atoms with Crippen molar-refractivity contribution in [2.75, 3.05) is 11.9 Å². The first kappa shape index (κ1) is 14.1. The van der Waals surface area contributed by atoms with Crippen LogP contribution in [0.25, 0.3) is 0 Å². The van der Waals surface area contributed by atoms with Crippen LogP contribution in [0.3, 0.4) is 0 Å². The second-order valence-electron chi connectivity index (χ2n) is 4.10. The van der Waals surface area contributed by atoms with Gasteiger partial charge in [-0.1, -0.05) is 6.08 Å². The highest BCUT2D eigenvalue weighted by molar-refractivity contribution is 7.80. The Morgan fingerprint density at radius 2 is 2.00 bits per heavy atom. The molecular weight excluding hydrogens is 270 g/mol. The van der Waals surface area contributed by atoms with Crippen LogP contribution in [0.1, 0.15) is 10.5 Å². The number of rotatable bonds is 5. The van der Waals surface area contributed by atoms with E-state index >= 15 is 0 Å². The number of nitrogens with zero attached hydrogens (tertiary/aromatic N) is 1. The number of pyridine rings is 1. The number of hydrogen-bond donors (Lipinski definition) is 3. The fourth-order valence-corrected chi connectivity index (χ4v) is 1.75. The van der Waals surface area contributed by atoms with Gasteiger partial charge in [0.15, 0.2) is 0 Å². The molecule has 1 heterocycles. The zero-order valence-electron chi connectivity index (χ0n) is 10.8. The molecule has 2 N–H and O–H groups in total. The lowest BCUT2D eigenvalue weighted by molar-refractivity contribution is 0.0953. The first-order chi connectivity index (χ1) is 9.69. The maximum atomic E-state index is 11.8. The largest absolute Gasteiger partial charge is 0.355 e. The lowest BCUT2D eigenvalue weighted by Gasteiger charge is -2.08. The minimum absolute atomic E-state index is 0.223. The molecule has 5 heteroatoms. The average Bonchev–Trinajstić information content (AvgIpc) is 2.47. The summed E-state index contributed by atoms with van der Waals surface area (Å²) in [5.41, 5.74) is 2.09. The van der Waals surface area contributed by atoms with E-state index in [0.29, 0.717) is 12.2 Å². The standard InChI is InChI=1S/C15H15N3OS/c1-2-8-17-15(19)14-10-12(7-9-16-14)18-11-3-5-13(20)6-4-11/h2-7,9-10,20H,1,8H2,(H,16,18)(H,17,19). The molecule has 1 aromatic heterocycles. The van der Waals surface area contributed by atoms with Crippen LogP contribution in [0.15, 0.2) is 60.1 Å². The second kappa shape index (κ2) is 6.77. The number of anilines is 2. The van der Waals surface area contributed by atoms with Crippen molar-refractivity contribution < 1.29 is 4.79 Å². The fourth-order valence-electron chi connectivity index (χ4n) is 1.60. The summed E-state index contributed by atoms with van der Waals surface area (Å²) in [6, 6.07) is 11.1. The minimum atomic E-state index is -0.223. The number of hydrogen-bond acceptors (Lipinski definition) is 4. The van der Waals surface area contributed by atoms with Crippen LogP contribution in [-0.2, 0) is 0 Å². The summed E-state index contributed by atoms with van der Waals surface area (Å²) in [5, 5.41) is 5.90. The molecule has 0 radical (unpaired) electrons. The average molecular weight is 285 g/mol. The van der Waals surface area contributed by atoms with Gasteiger partial charge in [-0.25, -0.2) is 0 Å². The van der Waals surface area contributed by atoms with Gasteiger partial charge in [0.05, 0.1) is 0 Å². The zero-order chi connectivity index (χ0) is 14.4. The maximum Gasteiger partial charge on any atom is 0.270 e. The van der Waals surface area contributed by atoms with E-state index in [2.05, 4.69) is 34.8 Å². The molecule has 0 saturated heterocycles. The number of amides is 1. The molecule has 0 aliphatic carbocycles. The molecule has 20 heavy (non-hydrogen) atoms. The van der Waals surface area contributed by atoms with Crippen molar-refractivity contribution in [3.63, 3.8) is 0 Å². The van der Waals surface area contributed by atoms with Crippen molar-refractivity contribution in [2.24, 2.45) is 0 Å². The van der Waals surface area contributed by atoms with Gasteiger partial charge in [0, 0.05) is 29.0 Å². The molecule has 102 valence electrons. The summed E-state index contributed by atoms with van der Waals surface area (Å²) in [6.07, 6.45) is 3.22. The van der Waals surface area contributed by atoms with Gasteiger partial charge in [-0.15, -0.1) is 19.2 Å². The summed E-state index contributed by atoms with van der Waals surface area (Å²) >= 11 is 4.23. The SMILES string of the molecule is C=CCNC(=O)c1cc(Nc2ccc(S)cc2)ccn1. The van der Waals surface area contributed by atoms with Crippen LogP contribution in [0.4, 0.5) is 11.4 Å². The topological polar surface area (TPSA) is 54.0 Å². The smallest absolute Gasteiger partial charge is 0.270 e. The van der Waals surface area contributed by atoms with E-state index in [9.17, 15) is 4.79 Å². The lowest BCUT2D eigenvalue weighted by atomic mass is 10.2. The predicted octanol–water partition coefficient (Wildman–Crippen LogP) is 3.03. The van der Waals surface area contributed by atoms with E-state index in [1.165, 1.54) is 0 Å². The number of nitrogens with one attached hydrogen (secondary N) is 2. The zero-order valence-corrected chi connectivity index (χ0v) is 11.7. The third-order valence-corrected chi connectivity index (χ3v) is 2.85. The maximum absolute atomic E-state index is 11.8. The third-order valence-electron chi connectivity index (χ3n) is 2.56. The summed E-state index contributed by atoms with van der Waals surface area (Å²) in [5.74, 6) is -0.223. The van der Waals surface area contributed by atoms with Crippen LogP contribution in [0, 0.1) is 0 Å². The van der Waals surface area contributed by atoms with Gasteiger partial charge < -0.3 is 10.6 Å². The Hall–Kier alpha value is -2.27. The minimum Gasteiger partial charge on any atom is -0.355 e. The van der Waals surface area contributed by atoms with Crippen molar-refractivity contribution in [3.05, 3.63) is 60.9 Å². The van der Waals surface area contributed by atoms with Gasteiger partial charge >= 0.3 is 0 Å². The fraction of sp³-hybridized carbons (Fsp3) is 0.0667. The highest BCUT2D eigenvalue weighted by Gasteiger charge is 2.06. The van der Waals surface area contributed by atoms with E-state index in [1.807, 2.05) is 24.3 Å². The van der Waals surface area contributed by atoms with Crippen molar-refractivity contribution in [2.45, 2.75) is 4.90 Å². The third kappa shape index (κ3) is 3.86. The molecular formula is C15H15N3OS. The molecule has 1 aromatic carbocycles. The number of benzene rings is 1. The molecule has 2 aromatic rings. The molecule has 0 bridgehead atoms. The molecule has 0 aliphatic heterocycles. The van der Waals surface area contributed by atoms with E-state index in [1.54, 1.807) is 24.4 Å². The number of thiol groups is 1. The Labute approximate surface area is 123 Å². The highest BCUT2D eigenvalue weighted by atomic mass is 32.1. The molecule has 2 rings (SSSR count). The first-order valence-electron chi connectivity index (χ1n) is 6.10. The Bertz CT molecular complexity index is 611. The molecule has 0 fully saturated rings.